The van der Waals surface area contributed by atoms with Crippen molar-refractivity contribution in [3.05, 3.63) is 58.2 Å². The van der Waals surface area contributed by atoms with Crippen LogP contribution in [0.1, 0.15) is 29.1 Å². The number of nitrogens with zero attached hydrogens (tertiary/aromatic N) is 2. The fourth-order valence-corrected chi connectivity index (χ4v) is 3.72. The number of nitrogens with one attached hydrogen (secondary N) is 1. The van der Waals surface area contributed by atoms with Crippen LogP contribution in [0.3, 0.4) is 0 Å². The Labute approximate surface area is 141 Å². The van der Waals surface area contributed by atoms with Gasteiger partial charge in [0.2, 0.25) is 0 Å². The van der Waals surface area contributed by atoms with E-state index in [2.05, 4.69) is 25.5 Å². The van der Waals surface area contributed by atoms with Crippen molar-refractivity contribution in [2.75, 3.05) is 6.54 Å². The molecule has 3 aromatic rings. The zero-order valence-electron chi connectivity index (χ0n) is 12.5. The van der Waals surface area contributed by atoms with Gasteiger partial charge in [0.1, 0.15) is 11.5 Å². The molecule has 0 radical (unpaired) electrons. The van der Waals surface area contributed by atoms with Crippen LogP contribution in [0.25, 0.3) is 10.9 Å². The lowest BCUT2D eigenvalue weighted by Gasteiger charge is -2.34. The smallest absolute Gasteiger partial charge is 0.270 e. The Bertz CT molecular complexity index is 914. The zero-order chi connectivity index (χ0) is 16.1. The topological polar surface area (TPSA) is 41.0 Å². The van der Waals surface area contributed by atoms with E-state index in [0.717, 1.165) is 12.2 Å². The van der Waals surface area contributed by atoms with Gasteiger partial charge in [-0.2, -0.15) is 0 Å². The molecule has 2 aromatic heterocycles. The number of aromatic amines is 1. The molecule has 0 bridgehead atoms. The third-order valence-electron chi connectivity index (χ3n) is 4.49. The molecule has 1 aliphatic rings. The second-order valence-corrected chi connectivity index (χ2v) is 6.75. The summed E-state index contributed by atoms with van der Waals surface area (Å²) in [5.41, 5.74) is 2.16. The van der Waals surface area contributed by atoms with Gasteiger partial charge in [0.15, 0.2) is 0 Å². The average Bonchev–Trinajstić information content (AvgIpc) is 3.13. The maximum Gasteiger partial charge on any atom is 0.270 e. The molecule has 1 unspecified atom stereocenters. The van der Waals surface area contributed by atoms with Crippen LogP contribution in [0, 0.1) is 5.82 Å². The number of aromatic nitrogens is 2. The summed E-state index contributed by atoms with van der Waals surface area (Å²) < 4.78 is 16.8. The summed E-state index contributed by atoms with van der Waals surface area (Å²) in [6.45, 7) is 3.44. The van der Waals surface area contributed by atoms with Gasteiger partial charge in [-0.3, -0.25) is 4.79 Å². The highest BCUT2D eigenvalue weighted by Gasteiger charge is 2.29. The Balaban J connectivity index is 1.71. The predicted octanol–water partition coefficient (Wildman–Crippen LogP) is 4.09. The molecule has 118 valence electrons. The van der Waals surface area contributed by atoms with E-state index in [-0.39, 0.29) is 17.8 Å². The first-order valence-electron chi connectivity index (χ1n) is 7.48. The summed E-state index contributed by atoms with van der Waals surface area (Å²) in [7, 11) is 0. The van der Waals surface area contributed by atoms with E-state index < -0.39 is 0 Å². The van der Waals surface area contributed by atoms with Crippen LogP contribution in [-0.4, -0.2) is 26.9 Å². The fourth-order valence-electron chi connectivity index (χ4n) is 3.29. The van der Waals surface area contributed by atoms with Crippen molar-refractivity contribution in [1.82, 2.24) is 14.5 Å². The first-order chi connectivity index (χ1) is 11.0. The summed E-state index contributed by atoms with van der Waals surface area (Å²) in [6.07, 6.45) is 2.03. The summed E-state index contributed by atoms with van der Waals surface area (Å²) in [6, 6.07) is 8.80. The van der Waals surface area contributed by atoms with Crippen molar-refractivity contribution >= 4 is 32.7 Å². The van der Waals surface area contributed by atoms with Gasteiger partial charge in [-0.25, -0.2) is 4.39 Å². The highest BCUT2D eigenvalue weighted by molar-refractivity contribution is 9.10. The summed E-state index contributed by atoms with van der Waals surface area (Å²) in [5, 5.41) is 0.435. The summed E-state index contributed by atoms with van der Waals surface area (Å²) >= 11 is 3.27. The molecule has 4 nitrogen and oxygen atoms in total. The largest absolute Gasteiger partial charge is 0.350 e. The third-order valence-corrected chi connectivity index (χ3v) is 4.94. The van der Waals surface area contributed by atoms with E-state index in [1.165, 1.54) is 6.07 Å². The van der Waals surface area contributed by atoms with Crippen LogP contribution in [0.4, 0.5) is 4.39 Å². The molecule has 0 saturated heterocycles. The first kappa shape index (κ1) is 14.5. The van der Waals surface area contributed by atoms with Crippen molar-refractivity contribution in [3.63, 3.8) is 0 Å². The van der Waals surface area contributed by atoms with Gasteiger partial charge in [-0.05, 0) is 37.3 Å². The minimum atomic E-state index is -0.342. The lowest BCUT2D eigenvalue weighted by atomic mass is 10.1. The Hall–Kier alpha value is -2.08. The molecule has 0 fully saturated rings. The minimum Gasteiger partial charge on any atom is -0.350 e. The van der Waals surface area contributed by atoms with Gasteiger partial charge in [0, 0.05) is 34.8 Å². The number of amides is 1. The van der Waals surface area contributed by atoms with E-state index in [1.807, 2.05) is 30.2 Å². The maximum atomic E-state index is 14.0. The van der Waals surface area contributed by atoms with Gasteiger partial charge in [0.05, 0.1) is 11.6 Å². The third kappa shape index (κ3) is 2.28. The average molecular weight is 376 g/mol. The van der Waals surface area contributed by atoms with Crippen LogP contribution in [0.5, 0.6) is 0 Å². The minimum absolute atomic E-state index is 0.00533. The van der Waals surface area contributed by atoms with Crippen LogP contribution < -0.4 is 0 Å². The molecular formula is C17H15BrFN3O. The molecule has 1 amide bonds. The Kier molecular flexibility index (Phi) is 3.30. The second kappa shape index (κ2) is 5.23. The van der Waals surface area contributed by atoms with Gasteiger partial charge in [0.25, 0.3) is 5.91 Å². The van der Waals surface area contributed by atoms with Crippen LogP contribution >= 0.6 is 15.9 Å². The number of carbonyl (C=O) groups is 1. The number of halogens is 2. The molecule has 0 saturated carbocycles. The quantitative estimate of drug-likeness (QED) is 0.683. The van der Waals surface area contributed by atoms with Gasteiger partial charge >= 0.3 is 0 Å². The molecule has 0 aliphatic carbocycles. The molecule has 1 atom stereocenters. The number of carbonyl (C=O) groups excluding carboxylic acids is 1. The van der Waals surface area contributed by atoms with Crippen LogP contribution in [0.2, 0.25) is 0 Å². The fraction of sp³-hybridized carbons (Fsp3) is 0.235. The van der Waals surface area contributed by atoms with Crippen molar-refractivity contribution in [2.24, 2.45) is 0 Å². The number of hydrogen-bond donors (Lipinski definition) is 1. The number of hydrogen-bond acceptors (Lipinski definition) is 1. The van der Waals surface area contributed by atoms with Crippen LogP contribution in [0.15, 0.2) is 41.0 Å². The normalized spacial score (nSPS) is 17.5. The van der Waals surface area contributed by atoms with Crippen molar-refractivity contribution in [3.8, 4) is 0 Å². The first-order valence-corrected chi connectivity index (χ1v) is 8.27. The molecule has 1 N–H and O–H groups in total. The summed E-state index contributed by atoms with van der Waals surface area (Å²) in [5.74, 6) is -0.443. The van der Waals surface area contributed by atoms with E-state index in [9.17, 15) is 9.18 Å². The molecule has 0 spiro atoms. The summed E-state index contributed by atoms with van der Waals surface area (Å²) in [4.78, 5) is 17.7. The molecule has 3 heterocycles. The van der Waals surface area contributed by atoms with Crippen molar-refractivity contribution in [1.29, 1.82) is 0 Å². The zero-order valence-corrected chi connectivity index (χ0v) is 14.1. The van der Waals surface area contributed by atoms with E-state index in [1.54, 1.807) is 12.1 Å². The number of H-pyrrole nitrogens is 1. The molecule has 1 aromatic carbocycles. The lowest BCUT2D eigenvalue weighted by Crippen LogP contribution is -2.40. The highest BCUT2D eigenvalue weighted by Crippen LogP contribution is 2.29. The molecule has 23 heavy (non-hydrogen) atoms. The SMILES string of the molecule is CC1c2cccn2CCN1C(=O)c1cc2c(F)cc(Br)cc2[nH]1. The van der Waals surface area contributed by atoms with E-state index in [0.29, 0.717) is 27.6 Å². The maximum absolute atomic E-state index is 14.0. The molecule has 1 aliphatic heterocycles. The van der Waals surface area contributed by atoms with Crippen molar-refractivity contribution in [2.45, 2.75) is 19.5 Å². The Morgan fingerprint density at radius 3 is 3.00 bits per heavy atom. The van der Waals surface area contributed by atoms with Gasteiger partial charge in [-0.1, -0.05) is 15.9 Å². The monoisotopic (exact) mass is 375 g/mol. The van der Waals surface area contributed by atoms with Gasteiger partial charge in [-0.15, -0.1) is 0 Å². The second-order valence-electron chi connectivity index (χ2n) is 5.83. The predicted molar refractivity (Wildman–Crippen MR) is 89.8 cm³/mol. The molecular weight excluding hydrogens is 361 g/mol. The molecule has 4 rings (SSSR count). The van der Waals surface area contributed by atoms with E-state index in [4.69, 9.17) is 0 Å². The Morgan fingerprint density at radius 2 is 2.17 bits per heavy atom. The van der Waals surface area contributed by atoms with Crippen LogP contribution in [-0.2, 0) is 6.54 Å². The molecule has 6 heteroatoms. The number of fused-ring (bicyclic) bond motifs is 2. The standard InChI is InChI=1S/C17H15BrFN3O/c1-10-16-3-2-4-21(16)5-6-22(10)17(23)15-9-12-13(19)7-11(18)8-14(12)20-15/h2-4,7-10,20H,5-6H2,1H3. The van der Waals surface area contributed by atoms with Gasteiger partial charge < -0.3 is 14.5 Å². The van der Waals surface area contributed by atoms with Crippen molar-refractivity contribution < 1.29 is 9.18 Å². The Morgan fingerprint density at radius 1 is 1.35 bits per heavy atom. The lowest BCUT2D eigenvalue weighted by molar-refractivity contribution is 0.0639. The van der Waals surface area contributed by atoms with E-state index >= 15 is 0 Å². The number of rotatable bonds is 1. The highest BCUT2D eigenvalue weighted by atomic mass is 79.9. The number of benzene rings is 1.